The number of aliphatic imine (C=N–C) groups is 1. The van der Waals surface area contributed by atoms with Gasteiger partial charge in [0.1, 0.15) is 11.6 Å². The molecule has 0 saturated heterocycles. The first-order valence-electron chi connectivity index (χ1n) is 5.87. The predicted molar refractivity (Wildman–Crippen MR) is 80.4 cm³/mol. The maximum absolute atomic E-state index is 5.64. The molecule has 19 heavy (non-hydrogen) atoms. The van der Waals surface area contributed by atoms with Gasteiger partial charge in [-0.05, 0) is 23.8 Å². The maximum Gasteiger partial charge on any atom is 0.126 e. The van der Waals surface area contributed by atoms with Gasteiger partial charge in [-0.1, -0.05) is 30.3 Å². The number of alkyl halides is 1. The fraction of sp³-hybridized carbons (Fsp3) is 0.133. The SMILES string of the molecule is COc1ccccc1-c1cccc(N=C(N)CCl)c1. The lowest BCUT2D eigenvalue weighted by atomic mass is 10.0. The molecule has 0 aliphatic heterocycles. The molecule has 0 aliphatic carbocycles. The molecule has 0 fully saturated rings. The second-order valence-electron chi connectivity index (χ2n) is 3.99. The molecule has 0 atom stereocenters. The van der Waals surface area contributed by atoms with Crippen molar-refractivity contribution in [1.29, 1.82) is 0 Å². The van der Waals surface area contributed by atoms with Crippen LogP contribution in [0.2, 0.25) is 0 Å². The molecule has 3 nitrogen and oxygen atoms in total. The van der Waals surface area contributed by atoms with Gasteiger partial charge in [-0.25, -0.2) is 4.99 Å². The van der Waals surface area contributed by atoms with E-state index in [1.54, 1.807) is 7.11 Å². The van der Waals surface area contributed by atoms with Crippen LogP contribution in [0.1, 0.15) is 0 Å². The lowest BCUT2D eigenvalue weighted by Crippen LogP contribution is -2.12. The van der Waals surface area contributed by atoms with Crippen LogP contribution in [-0.2, 0) is 0 Å². The van der Waals surface area contributed by atoms with Crippen molar-refractivity contribution in [2.75, 3.05) is 13.0 Å². The summed E-state index contributed by atoms with van der Waals surface area (Å²) in [6.07, 6.45) is 0. The molecule has 0 amide bonds. The number of nitrogens with two attached hydrogens (primary N) is 1. The van der Waals surface area contributed by atoms with E-state index in [0.29, 0.717) is 5.84 Å². The molecule has 0 aromatic heterocycles. The Kier molecular flexibility index (Phi) is 4.42. The van der Waals surface area contributed by atoms with Gasteiger partial charge in [0.25, 0.3) is 0 Å². The first-order chi connectivity index (χ1) is 9.24. The van der Waals surface area contributed by atoms with Gasteiger partial charge in [-0.15, -0.1) is 11.6 Å². The molecule has 0 heterocycles. The van der Waals surface area contributed by atoms with Gasteiger partial charge < -0.3 is 10.5 Å². The summed E-state index contributed by atoms with van der Waals surface area (Å²) in [5.41, 5.74) is 8.47. The van der Waals surface area contributed by atoms with Crippen LogP contribution in [0.3, 0.4) is 0 Å². The minimum absolute atomic E-state index is 0.221. The molecule has 98 valence electrons. The smallest absolute Gasteiger partial charge is 0.126 e. The lowest BCUT2D eigenvalue weighted by molar-refractivity contribution is 0.416. The molecule has 0 spiro atoms. The molecule has 0 aliphatic rings. The van der Waals surface area contributed by atoms with Crippen LogP contribution < -0.4 is 10.5 Å². The molecule has 0 saturated carbocycles. The minimum atomic E-state index is 0.221. The van der Waals surface area contributed by atoms with Crippen molar-refractivity contribution in [3.05, 3.63) is 48.5 Å². The van der Waals surface area contributed by atoms with Gasteiger partial charge in [0.2, 0.25) is 0 Å². The zero-order valence-corrected chi connectivity index (χ0v) is 11.4. The Morgan fingerprint density at radius 3 is 2.74 bits per heavy atom. The third kappa shape index (κ3) is 3.26. The first kappa shape index (κ1) is 13.4. The third-order valence-corrected chi connectivity index (χ3v) is 2.95. The number of halogens is 1. The largest absolute Gasteiger partial charge is 0.496 e. The number of benzene rings is 2. The summed E-state index contributed by atoms with van der Waals surface area (Å²) in [5.74, 6) is 1.45. The van der Waals surface area contributed by atoms with Gasteiger partial charge in [-0.3, -0.25) is 0 Å². The standard InChI is InChI=1S/C15H15ClN2O/c1-19-14-8-3-2-7-13(14)11-5-4-6-12(9-11)18-15(17)10-16/h2-9H,10H2,1H3,(H2,17,18). The molecule has 2 aromatic rings. The number of methoxy groups -OCH3 is 1. The quantitative estimate of drug-likeness (QED) is 0.526. The summed E-state index contributed by atoms with van der Waals surface area (Å²) in [5, 5.41) is 0. The molecular weight excluding hydrogens is 260 g/mol. The third-order valence-electron chi connectivity index (χ3n) is 2.67. The highest BCUT2D eigenvalue weighted by Crippen LogP contribution is 2.31. The fourth-order valence-electron chi connectivity index (χ4n) is 1.82. The zero-order valence-electron chi connectivity index (χ0n) is 10.6. The van der Waals surface area contributed by atoms with E-state index in [4.69, 9.17) is 22.1 Å². The molecule has 0 radical (unpaired) electrons. The highest BCUT2D eigenvalue weighted by molar-refractivity contribution is 6.28. The lowest BCUT2D eigenvalue weighted by Gasteiger charge is -2.08. The van der Waals surface area contributed by atoms with Crippen molar-refractivity contribution in [2.24, 2.45) is 10.7 Å². The van der Waals surface area contributed by atoms with Crippen LogP contribution in [0.5, 0.6) is 5.75 Å². The number of hydrogen-bond donors (Lipinski definition) is 1. The van der Waals surface area contributed by atoms with Crippen LogP contribution in [0.4, 0.5) is 5.69 Å². The Hall–Kier alpha value is -2.00. The van der Waals surface area contributed by atoms with Crippen LogP contribution in [-0.4, -0.2) is 18.8 Å². The highest BCUT2D eigenvalue weighted by atomic mass is 35.5. The van der Waals surface area contributed by atoms with Gasteiger partial charge in [0.15, 0.2) is 0 Å². The van der Waals surface area contributed by atoms with E-state index in [2.05, 4.69) is 4.99 Å². The summed E-state index contributed by atoms with van der Waals surface area (Å²) >= 11 is 5.63. The van der Waals surface area contributed by atoms with Crippen molar-refractivity contribution in [3.8, 4) is 16.9 Å². The minimum Gasteiger partial charge on any atom is -0.496 e. The molecular formula is C15H15ClN2O. The molecule has 0 unspecified atom stereocenters. The normalized spacial score (nSPS) is 11.4. The molecule has 2 aromatic carbocycles. The Morgan fingerprint density at radius 2 is 2.00 bits per heavy atom. The number of ether oxygens (including phenoxy) is 1. The summed E-state index contributed by atoms with van der Waals surface area (Å²) in [4.78, 5) is 4.24. The number of amidine groups is 1. The molecule has 4 heteroatoms. The van der Waals surface area contributed by atoms with E-state index < -0.39 is 0 Å². The highest BCUT2D eigenvalue weighted by Gasteiger charge is 2.05. The van der Waals surface area contributed by atoms with Crippen LogP contribution in [0.15, 0.2) is 53.5 Å². The van der Waals surface area contributed by atoms with E-state index in [1.807, 2.05) is 48.5 Å². The summed E-state index contributed by atoms with van der Waals surface area (Å²) < 4.78 is 5.36. The Bertz CT molecular complexity index is 596. The zero-order chi connectivity index (χ0) is 13.7. The number of rotatable bonds is 4. The maximum atomic E-state index is 5.64. The molecule has 2 N–H and O–H groups in total. The Labute approximate surface area is 117 Å². The average molecular weight is 275 g/mol. The predicted octanol–water partition coefficient (Wildman–Crippen LogP) is 3.59. The van der Waals surface area contributed by atoms with E-state index in [9.17, 15) is 0 Å². The number of nitrogens with zero attached hydrogens (tertiary/aromatic N) is 1. The summed E-state index contributed by atoms with van der Waals surface area (Å²) in [7, 11) is 1.66. The Morgan fingerprint density at radius 1 is 1.21 bits per heavy atom. The van der Waals surface area contributed by atoms with E-state index in [1.165, 1.54) is 0 Å². The second-order valence-corrected chi connectivity index (χ2v) is 4.25. The Balaban J connectivity index is 2.43. The van der Waals surface area contributed by atoms with E-state index >= 15 is 0 Å². The average Bonchev–Trinajstić information content (AvgIpc) is 2.47. The van der Waals surface area contributed by atoms with Gasteiger partial charge in [0.05, 0.1) is 18.7 Å². The second kappa shape index (κ2) is 6.25. The van der Waals surface area contributed by atoms with Crippen molar-refractivity contribution in [3.63, 3.8) is 0 Å². The van der Waals surface area contributed by atoms with Crippen LogP contribution in [0, 0.1) is 0 Å². The van der Waals surface area contributed by atoms with E-state index in [0.717, 1.165) is 22.6 Å². The molecule has 2 rings (SSSR count). The van der Waals surface area contributed by atoms with Crippen LogP contribution in [0.25, 0.3) is 11.1 Å². The van der Waals surface area contributed by atoms with Crippen molar-refractivity contribution in [1.82, 2.24) is 0 Å². The summed E-state index contributed by atoms with van der Waals surface area (Å²) in [6, 6.07) is 15.6. The van der Waals surface area contributed by atoms with E-state index in [-0.39, 0.29) is 5.88 Å². The monoisotopic (exact) mass is 274 g/mol. The number of para-hydroxylation sites is 1. The molecule has 0 bridgehead atoms. The summed E-state index contributed by atoms with van der Waals surface area (Å²) in [6.45, 7) is 0. The van der Waals surface area contributed by atoms with Crippen LogP contribution >= 0.6 is 11.6 Å². The van der Waals surface area contributed by atoms with Crippen molar-refractivity contribution >= 4 is 23.1 Å². The fourth-order valence-corrected chi connectivity index (χ4v) is 1.88. The topological polar surface area (TPSA) is 47.6 Å². The first-order valence-corrected chi connectivity index (χ1v) is 6.40. The van der Waals surface area contributed by atoms with Crippen molar-refractivity contribution < 1.29 is 4.74 Å². The van der Waals surface area contributed by atoms with Crippen molar-refractivity contribution in [2.45, 2.75) is 0 Å². The number of hydrogen-bond acceptors (Lipinski definition) is 2. The van der Waals surface area contributed by atoms with Gasteiger partial charge in [-0.2, -0.15) is 0 Å². The van der Waals surface area contributed by atoms with Gasteiger partial charge in [0, 0.05) is 5.56 Å². The van der Waals surface area contributed by atoms with Gasteiger partial charge >= 0.3 is 0 Å².